The zero-order valence-corrected chi connectivity index (χ0v) is 11.4. The number of ether oxygens (including phenoxy) is 1. The van der Waals surface area contributed by atoms with Crippen molar-refractivity contribution >= 4 is 5.97 Å². The number of hydrogen-bond donors (Lipinski definition) is 0. The summed E-state index contributed by atoms with van der Waals surface area (Å²) in [5.74, 6) is -0.867. The Morgan fingerprint density at radius 3 is 2.82 bits per heavy atom. The van der Waals surface area contributed by atoms with Crippen LogP contribution in [0.25, 0.3) is 5.69 Å². The van der Waals surface area contributed by atoms with Crippen LogP contribution in [0.4, 0.5) is 4.39 Å². The number of aromatic nitrogens is 4. The number of carbonyl (C=O) groups is 1. The number of benzene rings is 2. The van der Waals surface area contributed by atoms with E-state index in [1.807, 2.05) is 0 Å². The molecule has 1 aromatic heterocycles. The minimum Gasteiger partial charge on any atom is -0.457 e. The van der Waals surface area contributed by atoms with Crippen molar-refractivity contribution in [2.24, 2.45) is 0 Å². The van der Waals surface area contributed by atoms with E-state index in [0.29, 0.717) is 16.8 Å². The largest absolute Gasteiger partial charge is 0.457 e. The van der Waals surface area contributed by atoms with Gasteiger partial charge in [0.1, 0.15) is 18.8 Å². The maximum absolute atomic E-state index is 13.1. The summed E-state index contributed by atoms with van der Waals surface area (Å²) in [6.07, 6.45) is 1.43. The Morgan fingerprint density at radius 1 is 1.18 bits per heavy atom. The second-order valence-corrected chi connectivity index (χ2v) is 4.51. The summed E-state index contributed by atoms with van der Waals surface area (Å²) < 4.78 is 19.7. The summed E-state index contributed by atoms with van der Waals surface area (Å²) in [6, 6.07) is 12.6. The van der Waals surface area contributed by atoms with Gasteiger partial charge in [-0.25, -0.2) is 13.9 Å². The molecule has 0 N–H and O–H groups in total. The van der Waals surface area contributed by atoms with E-state index < -0.39 is 5.97 Å². The van der Waals surface area contributed by atoms with Crippen molar-refractivity contribution in [2.45, 2.75) is 6.61 Å². The van der Waals surface area contributed by atoms with Gasteiger partial charge in [-0.15, -0.1) is 5.10 Å². The second kappa shape index (κ2) is 6.13. The van der Waals surface area contributed by atoms with Crippen LogP contribution in [0.3, 0.4) is 0 Å². The fraction of sp³-hybridized carbons (Fsp3) is 0.0667. The van der Waals surface area contributed by atoms with Gasteiger partial charge < -0.3 is 4.74 Å². The number of tetrazole rings is 1. The summed E-state index contributed by atoms with van der Waals surface area (Å²) in [6.45, 7) is 0.00566. The van der Waals surface area contributed by atoms with E-state index in [2.05, 4.69) is 15.5 Å². The number of rotatable bonds is 4. The third kappa shape index (κ3) is 3.14. The molecule has 0 aliphatic carbocycles. The van der Waals surface area contributed by atoms with Gasteiger partial charge in [-0.2, -0.15) is 0 Å². The van der Waals surface area contributed by atoms with E-state index in [4.69, 9.17) is 4.74 Å². The lowest BCUT2D eigenvalue weighted by Crippen LogP contribution is -2.06. The van der Waals surface area contributed by atoms with Gasteiger partial charge in [-0.3, -0.25) is 0 Å². The third-order valence-electron chi connectivity index (χ3n) is 2.95. The van der Waals surface area contributed by atoms with Crippen LogP contribution in [-0.4, -0.2) is 26.2 Å². The van der Waals surface area contributed by atoms with E-state index in [-0.39, 0.29) is 12.4 Å². The molecular weight excluding hydrogens is 287 g/mol. The molecule has 1 heterocycles. The Labute approximate surface area is 125 Å². The zero-order chi connectivity index (χ0) is 15.4. The zero-order valence-electron chi connectivity index (χ0n) is 11.4. The van der Waals surface area contributed by atoms with Crippen molar-refractivity contribution in [3.8, 4) is 5.69 Å². The highest BCUT2D eigenvalue weighted by molar-refractivity contribution is 5.90. The normalized spacial score (nSPS) is 10.4. The van der Waals surface area contributed by atoms with E-state index >= 15 is 0 Å². The Balaban J connectivity index is 1.71. The third-order valence-corrected chi connectivity index (χ3v) is 2.95. The molecule has 0 aliphatic rings. The maximum Gasteiger partial charge on any atom is 0.338 e. The lowest BCUT2D eigenvalue weighted by Gasteiger charge is -2.06. The SMILES string of the molecule is O=C(OCc1cccc(F)c1)c1cccc(-n2cnnn2)c1. The van der Waals surface area contributed by atoms with Gasteiger partial charge in [0.25, 0.3) is 0 Å². The highest BCUT2D eigenvalue weighted by atomic mass is 19.1. The average Bonchev–Trinajstić information content (AvgIpc) is 3.07. The van der Waals surface area contributed by atoms with Crippen LogP contribution in [-0.2, 0) is 11.3 Å². The van der Waals surface area contributed by atoms with Crippen LogP contribution in [0.15, 0.2) is 54.9 Å². The molecule has 2 aromatic carbocycles. The van der Waals surface area contributed by atoms with Crippen LogP contribution in [0.5, 0.6) is 0 Å². The van der Waals surface area contributed by atoms with Crippen molar-refractivity contribution in [3.63, 3.8) is 0 Å². The first-order valence-electron chi connectivity index (χ1n) is 6.47. The van der Waals surface area contributed by atoms with Crippen molar-refractivity contribution in [1.82, 2.24) is 20.2 Å². The Hall–Kier alpha value is -3.09. The topological polar surface area (TPSA) is 69.9 Å². The Bertz CT molecular complexity index is 790. The van der Waals surface area contributed by atoms with Crippen molar-refractivity contribution < 1.29 is 13.9 Å². The summed E-state index contributed by atoms with van der Waals surface area (Å²) in [4.78, 5) is 12.0. The number of nitrogens with zero attached hydrogens (tertiary/aromatic N) is 4. The molecule has 7 heteroatoms. The molecule has 0 atom stereocenters. The van der Waals surface area contributed by atoms with Crippen molar-refractivity contribution in [1.29, 1.82) is 0 Å². The number of esters is 1. The number of carbonyl (C=O) groups excluding carboxylic acids is 1. The van der Waals surface area contributed by atoms with E-state index in [0.717, 1.165) is 0 Å². The number of halogens is 1. The fourth-order valence-corrected chi connectivity index (χ4v) is 1.91. The minimum absolute atomic E-state index is 0.00566. The molecule has 110 valence electrons. The molecule has 0 radical (unpaired) electrons. The van der Waals surface area contributed by atoms with Crippen LogP contribution in [0, 0.1) is 5.82 Å². The first-order chi connectivity index (χ1) is 10.7. The summed E-state index contributed by atoms with van der Waals surface area (Å²) in [5.41, 5.74) is 1.60. The predicted octanol–water partition coefficient (Wildman–Crippen LogP) is 2.16. The van der Waals surface area contributed by atoms with Crippen LogP contribution in [0.1, 0.15) is 15.9 Å². The highest BCUT2D eigenvalue weighted by Gasteiger charge is 2.09. The molecule has 0 aliphatic heterocycles. The molecule has 6 nitrogen and oxygen atoms in total. The highest BCUT2D eigenvalue weighted by Crippen LogP contribution is 2.12. The molecule has 0 fully saturated rings. The van der Waals surface area contributed by atoms with E-state index in [1.54, 1.807) is 36.4 Å². The number of hydrogen-bond acceptors (Lipinski definition) is 5. The Kier molecular flexibility index (Phi) is 3.86. The predicted molar refractivity (Wildman–Crippen MR) is 74.7 cm³/mol. The van der Waals surface area contributed by atoms with Gasteiger partial charge in [0, 0.05) is 0 Å². The maximum atomic E-state index is 13.1. The Morgan fingerprint density at radius 2 is 2.05 bits per heavy atom. The molecule has 3 rings (SSSR count). The van der Waals surface area contributed by atoms with Gasteiger partial charge in [-0.1, -0.05) is 18.2 Å². The van der Waals surface area contributed by atoms with Gasteiger partial charge in [0.15, 0.2) is 0 Å². The first kappa shape index (κ1) is 13.9. The molecule has 3 aromatic rings. The average molecular weight is 298 g/mol. The van der Waals surface area contributed by atoms with Gasteiger partial charge >= 0.3 is 5.97 Å². The van der Waals surface area contributed by atoms with Crippen molar-refractivity contribution in [2.75, 3.05) is 0 Å². The molecular formula is C15H11FN4O2. The second-order valence-electron chi connectivity index (χ2n) is 4.51. The lowest BCUT2D eigenvalue weighted by molar-refractivity contribution is 0.0472. The molecule has 0 saturated carbocycles. The minimum atomic E-state index is -0.501. The van der Waals surface area contributed by atoms with Crippen LogP contribution in [0.2, 0.25) is 0 Å². The monoisotopic (exact) mass is 298 g/mol. The fourth-order valence-electron chi connectivity index (χ4n) is 1.91. The van der Waals surface area contributed by atoms with Gasteiger partial charge in [0.05, 0.1) is 11.3 Å². The first-order valence-corrected chi connectivity index (χ1v) is 6.47. The quantitative estimate of drug-likeness (QED) is 0.690. The lowest BCUT2D eigenvalue weighted by atomic mass is 10.2. The van der Waals surface area contributed by atoms with Gasteiger partial charge in [0.2, 0.25) is 0 Å². The van der Waals surface area contributed by atoms with Crippen LogP contribution >= 0.6 is 0 Å². The molecule has 0 bridgehead atoms. The molecule has 0 amide bonds. The van der Waals surface area contributed by atoms with E-state index in [9.17, 15) is 9.18 Å². The van der Waals surface area contributed by atoms with Crippen molar-refractivity contribution in [3.05, 3.63) is 71.8 Å². The van der Waals surface area contributed by atoms with Gasteiger partial charge in [-0.05, 0) is 46.3 Å². The summed E-state index contributed by atoms with van der Waals surface area (Å²) >= 11 is 0. The molecule has 0 unspecified atom stereocenters. The summed E-state index contributed by atoms with van der Waals surface area (Å²) in [7, 11) is 0. The van der Waals surface area contributed by atoms with E-state index in [1.165, 1.54) is 23.1 Å². The molecule has 0 spiro atoms. The molecule has 0 saturated heterocycles. The smallest absolute Gasteiger partial charge is 0.338 e. The standard InChI is InChI=1S/C15H11FN4O2/c16-13-5-1-3-11(7-13)9-22-15(21)12-4-2-6-14(8-12)20-10-17-18-19-20/h1-8,10H,9H2. The summed E-state index contributed by atoms with van der Waals surface area (Å²) in [5, 5.41) is 10.8. The van der Waals surface area contributed by atoms with Crippen LogP contribution < -0.4 is 0 Å². The molecule has 22 heavy (non-hydrogen) atoms.